The topological polar surface area (TPSA) is 139 Å². The number of primary amides is 1. The number of anilines is 3. The van der Waals surface area contributed by atoms with Gasteiger partial charge in [0.2, 0.25) is 0 Å². The number of pyridine rings is 1. The van der Waals surface area contributed by atoms with Gasteiger partial charge in [0, 0.05) is 44.1 Å². The molecule has 11 heteroatoms. The molecule has 0 radical (unpaired) electrons. The molecule has 0 bridgehead atoms. The number of likely N-dealkylation sites (tertiary alicyclic amines) is 1. The summed E-state index contributed by atoms with van der Waals surface area (Å²) in [5.74, 6) is 1.46. The number of nitrogens with two attached hydrogens (primary N) is 1. The third kappa shape index (κ3) is 6.79. The van der Waals surface area contributed by atoms with Crippen LogP contribution in [-0.4, -0.2) is 77.0 Å². The lowest BCUT2D eigenvalue weighted by molar-refractivity contribution is 0.0927. The molecule has 6 rings (SSSR count). The van der Waals surface area contributed by atoms with E-state index in [9.17, 15) is 9.59 Å². The van der Waals surface area contributed by atoms with Crippen LogP contribution >= 0.6 is 0 Å². The van der Waals surface area contributed by atoms with Gasteiger partial charge >= 0.3 is 0 Å². The molecule has 1 atom stereocenters. The number of ether oxygens (including phenoxy) is 1. The van der Waals surface area contributed by atoms with E-state index in [-0.39, 0.29) is 29.6 Å². The molecule has 3 fully saturated rings. The molecule has 0 spiro atoms. The van der Waals surface area contributed by atoms with E-state index in [1.165, 1.54) is 18.4 Å². The van der Waals surface area contributed by atoms with E-state index in [2.05, 4.69) is 37.4 Å². The zero-order chi connectivity index (χ0) is 29.1. The highest BCUT2D eigenvalue weighted by Gasteiger charge is 2.26. The molecule has 1 saturated carbocycles. The van der Waals surface area contributed by atoms with E-state index in [1.807, 2.05) is 42.6 Å². The molecule has 2 aromatic heterocycles. The molecule has 3 aliphatic rings. The lowest BCUT2D eigenvalue weighted by Crippen LogP contribution is -2.48. The first-order valence-electron chi connectivity index (χ1n) is 14.8. The Bertz CT molecular complexity index is 1400. The predicted molar refractivity (Wildman–Crippen MR) is 160 cm³/mol. The van der Waals surface area contributed by atoms with Crippen LogP contribution in [0.2, 0.25) is 0 Å². The predicted octanol–water partition coefficient (Wildman–Crippen LogP) is 3.46. The van der Waals surface area contributed by atoms with Gasteiger partial charge < -0.3 is 30.9 Å². The van der Waals surface area contributed by atoms with E-state index >= 15 is 0 Å². The number of hydrogen-bond donors (Lipinski definition) is 3. The maximum atomic E-state index is 12.9. The second kappa shape index (κ2) is 12.3. The Balaban J connectivity index is 1.10. The lowest BCUT2D eigenvalue weighted by atomic mass is 10.1. The Kier molecular flexibility index (Phi) is 8.18. The lowest BCUT2D eigenvalue weighted by Gasteiger charge is -2.34. The monoisotopic (exact) mass is 570 g/mol. The molecule has 4 N–H and O–H groups in total. The second-order valence-electron chi connectivity index (χ2n) is 11.6. The Hall–Kier alpha value is -4.25. The first-order valence-corrected chi connectivity index (χ1v) is 14.8. The van der Waals surface area contributed by atoms with Gasteiger partial charge in [0.1, 0.15) is 23.4 Å². The van der Waals surface area contributed by atoms with Crippen molar-refractivity contribution < 1.29 is 14.3 Å². The molecule has 1 aliphatic carbocycles. The highest BCUT2D eigenvalue weighted by Crippen LogP contribution is 2.39. The largest absolute Gasteiger partial charge is 0.490 e. The van der Waals surface area contributed by atoms with Gasteiger partial charge in [0.05, 0.1) is 6.20 Å². The van der Waals surface area contributed by atoms with Crippen LogP contribution in [0.1, 0.15) is 71.0 Å². The highest BCUT2D eigenvalue weighted by molar-refractivity contribution is 5.96. The number of carbonyl (C=O) groups excluding carboxylic acids is 2. The zero-order valence-corrected chi connectivity index (χ0v) is 24.0. The van der Waals surface area contributed by atoms with E-state index in [0.717, 1.165) is 56.8 Å². The normalized spacial score (nSPS) is 19.7. The van der Waals surface area contributed by atoms with E-state index in [1.54, 1.807) is 6.20 Å². The van der Waals surface area contributed by atoms with Gasteiger partial charge in [-0.1, -0.05) is 6.07 Å². The average molecular weight is 571 g/mol. The van der Waals surface area contributed by atoms with Gasteiger partial charge in [-0.05, 0) is 87.4 Å². The number of nitrogens with zero attached hydrogens (tertiary/aromatic N) is 5. The van der Waals surface area contributed by atoms with Crippen molar-refractivity contribution in [3.8, 4) is 5.75 Å². The van der Waals surface area contributed by atoms with Crippen molar-refractivity contribution in [1.82, 2.24) is 25.2 Å². The third-order valence-electron chi connectivity index (χ3n) is 8.23. The van der Waals surface area contributed by atoms with Crippen molar-refractivity contribution in [1.29, 1.82) is 0 Å². The van der Waals surface area contributed by atoms with Crippen molar-refractivity contribution in [2.75, 3.05) is 43.4 Å². The number of nitrogens with one attached hydrogen (secondary N) is 2. The fraction of sp³-hybridized carbons (Fsp3) is 0.452. The number of hydrogen-bond acceptors (Lipinski definition) is 9. The Morgan fingerprint density at radius 1 is 0.952 bits per heavy atom. The van der Waals surface area contributed by atoms with Crippen LogP contribution in [-0.2, 0) is 0 Å². The van der Waals surface area contributed by atoms with Crippen LogP contribution in [0.25, 0.3) is 0 Å². The molecule has 220 valence electrons. The average Bonchev–Trinajstić information content (AvgIpc) is 3.85. The number of amides is 2. The number of rotatable bonds is 9. The molecule has 11 nitrogen and oxygen atoms in total. The molecule has 3 aromatic rings. The van der Waals surface area contributed by atoms with Gasteiger partial charge in [-0.3, -0.25) is 14.6 Å². The minimum absolute atomic E-state index is 0.0629. The maximum Gasteiger partial charge on any atom is 0.271 e. The van der Waals surface area contributed by atoms with Gasteiger partial charge in [-0.25, -0.2) is 9.97 Å². The van der Waals surface area contributed by atoms with Crippen LogP contribution in [0.3, 0.4) is 0 Å². The van der Waals surface area contributed by atoms with E-state index < -0.39 is 5.91 Å². The first kappa shape index (κ1) is 27.9. The third-order valence-corrected chi connectivity index (χ3v) is 8.23. The zero-order valence-electron chi connectivity index (χ0n) is 24.0. The maximum absolute atomic E-state index is 12.9. The number of aromatic nitrogens is 3. The van der Waals surface area contributed by atoms with Crippen LogP contribution in [0, 0.1) is 0 Å². The summed E-state index contributed by atoms with van der Waals surface area (Å²) >= 11 is 0. The molecule has 1 aromatic carbocycles. The van der Waals surface area contributed by atoms with Crippen molar-refractivity contribution >= 4 is 29.1 Å². The molecule has 2 amide bonds. The van der Waals surface area contributed by atoms with Crippen molar-refractivity contribution in [2.45, 2.75) is 56.6 Å². The summed E-state index contributed by atoms with van der Waals surface area (Å²) in [5.41, 5.74) is 8.06. The van der Waals surface area contributed by atoms with Gasteiger partial charge in [0.25, 0.3) is 11.8 Å². The first-order chi connectivity index (χ1) is 20.4. The molecule has 4 heterocycles. The summed E-state index contributed by atoms with van der Waals surface area (Å²) in [5, 5.41) is 6.33. The SMILES string of the molecule is CN1CCC(Oc2ccc(Nc3nc(N4CCC[C@@H](NC(=O)c5ccc(C6CC6)cn5)C4)cnc3C(N)=O)cc2)CC1. The molecule has 0 unspecified atom stereocenters. The summed E-state index contributed by atoms with van der Waals surface area (Å²) in [7, 11) is 2.13. The summed E-state index contributed by atoms with van der Waals surface area (Å²) in [4.78, 5) is 42.9. The summed E-state index contributed by atoms with van der Waals surface area (Å²) in [6.45, 7) is 3.39. The van der Waals surface area contributed by atoms with Crippen LogP contribution in [0.4, 0.5) is 17.3 Å². The molecule has 2 saturated heterocycles. The molecular weight excluding hydrogens is 532 g/mol. The fourth-order valence-corrected chi connectivity index (χ4v) is 5.61. The Morgan fingerprint density at radius 3 is 2.43 bits per heavy atom. The standard InChI is InChI=1S/C31H38N8O3/c1-38-15-12-25(13-16-38)42-24-9-7-22(8-10-24)35-30-28(29(32)40)34-18-27(37-30)39-14-2-3-23(19-39)36-31(41)26-11-6-21(17-33-26)20-4-5-20/h6-11,17-18,20,23,25H,2-5,12-16,19H2,1H3,(H2,32,40)(H,35,37)(H,36,41)/t23-/m1/s1. The number of piperidine rings is 2. The minimum atomic E-state index is -0.664. The summed E-state index contributed by atoms with van der Waals surface area (Å²) in [6.07, 6.45) is 9.74. The Morgan fingerprint density at radius 2 is 1.74 bits per heavy atom. The quantitative estimate of drug-likeness (QED) is 0.353. The fourth-order valence-electron chi connectivity index (χ4n) is 5.61. The van der Waals surface area contributed by atoms with E-state index in [4.69, 9.17) is 15.5 Å². The van der Waals surface area contributed by atoms with Gasteiger partial charge in [0.15, 0.2) is 11.5 Å². The van der Waals surface area contributed by atoms with E-state index in [0.29, 0.717) is 24.0 Å². The summed E-state index contributed by atoms with van der Waals surface area (Å²) < 4.78 is 6.15. The number of carbonyl (C=O) groups is 2. The summed E-state index contributed by atoms with van der Waals surface area (Å²) in [6, 6.07) is 11.4. The smallest absolute Gasteiger partial charge is 0.271 e. The molecule has 42 heavy (non-hydrogen) atoms. The molecular formula is C31H38N8O3. The van der Waals surface area contributed by atoms with Gasteiger partial charge in [-0.15, -0.1) is 0 Å². The highest BCUT2D eigenvalue weighted by atomic mass is 16.5. The molecule has 2 aliphatic heterocycles. The van der Waals surface area contributed by atoms with Crippen molar-refractivity contribution in [2.24, 2.45) is 5.73 Å². The second-order valence-corrected chi connectivity index (χ2v) is 11.6. The van der Waals surface area contributed by atoms with Crippen molar-refractivity contribution in [3.63, 3.8) is 0 Å². The van der Waals surface area contributed by atoms with Crippen LogP contribution in [0.5, 0.6) is 5.75 Å². The van der Waals surface area contributed by atoms with Crippen LogP contribution < -0.4 is 26.0 Å². The minimum Gasteiger partial charge on any atom is -0.490 e. The Labute approximate surface area is 245 Å². The van der Waals surface area contributed by atoms with Crippen molar-refractivity contribution in [3.05, 3.63) is 65.7 Å². The van der Waals surface area contributed by atoms with Crippen LogP contribution in [0.15, 0.2) is 48.8 Å². The van der Waals surface area contributed by atoms with Gasteiger partial charge in [-0.2, -0.15) is 0 Å². The number of benzene rings is 1.